The van der Waals surface area contributed by atoms with Crippen LogP contribution in [0.25, 0.3) is 0 Å². The van der Waals surface area contributed by atoms with Crippen molar-refractivity contribution >= 4 is 35.8 Å². The summed E-state index contributed by atoms with van der Waals surface area (Å²) in [6, 6.07) is 8.09. The van der Waals surface area contributed by atoms with Crippen LogP contribution < -0.4 is 15.4 Å². The zero-order valence-electron chi connectivity index (χ0n) is 20.7. The average Bonchev–Trinajstić information content (AvgIpc) is 2.71. The van der Waals surface area contributed by atoms with E-state index in [2.05, 4.69) is 54.2 Å². The Morgan fingerprint density at radius 1 is 1.12 bits per heavy atom. The van der Waals surface area contributed by atoms with Gasteiger partial charge >= 0.3 is 0 Å². The highest BCUT2D eigenvalue weighted by atomic mass is 127. The van der Waals surface area contributed by atoms with Gasteiger partial charge in [-0.1, -0.05) is 24.6 Å². The molecule has 2 aliphatic rings. The molecule has 0 atom stereocenters. The van der Waals surface area contributed by atoms with E-state index in [1.54, 1.807) is 0 Å². The molecule has 1 aliphatic heterocycles. The zero-order valence-corrected chi connectivity index (χ0v) is 23.1. The minimum atomic E-state index is -0.241. The van der Waals surface area contributed by atoms with Crippen LogP contribution in [0.4, 0.5) is 0 Å². The summed E-state index contributed by atoms with van der Waals surface area (Å²) in [5.74, 6) is 2.39. The molecule has 0 spiro atoms. The lowest BCUT2D eigenvalue weighted by atomic mass is 9.84. The average molecular weight is 572 g/mol. The second kappa shape index (κ2) is 13.4. The third-order valence-corrected chi connectivity index (χ3v) is 6.00. The number of benzene rings is 1. The Bertz CT molecular complexity index is 768. The van der Waals surface area contributed by atoms with E-state index in [0.29, 0.717) is 18.4 Å². The topological polar surface area (TPSA) is 69.2 Å². The number of guanidine groups is 1. The highest BCUT2D eigenvalue weighted by Crippen LogP contribution is 2.28. The molecule has 0 radical (unpaired) electrons. The fourth-order valence-electron chi connectivity index (χ4n) is 4.01. The molecule has 0 aromatic heterocycles. The summed E-state index contributed by atoms with van der Waals surface area (Å²) < 4.78 is 6.09. The number of hydrogen-bond acceptors (Lipinski definition) is 4. The molecule has 0 unspecified atom stereocenters. The summed E-state index contributed by atoms with van der Waals surface area (Å²) in [6.45, 7) is 15.0. The number of piperazine rings is 1. The Kier molecular flexibility index (Phi) is 11.2. The van der Waals surface area contributed by atoms with Crippen molar-refractivity contribution in [3.8, 4) is 5.75 Å². The first-order valence-corrected chi connectivity index (χ1v) is 12.2. The number of nitrogens with one attached hydrogen (secondary N) is 2. The summed E-state index contributed by atoms with van der Waals surface area (Å²) in [6.07, 6.45) is 3.39. The van der Waals surface area contributed by atoms with Gasteiger partial charge in [-0.05, 0) is 46.6 Å². The second-order valence-corrected chi connectivity index (χ2v) is 9.74. The van der Waals surface area contributed by atoms with Gasteiger partial charge in [-0.3, -0.25) is 9.69 Å². The lowest BCUT2D eigenvalue weighted by Gasteiger charge is -2.38. The van der Waals surface area contributed by atoms with E-state index < -0.39 is 0 Å². The predicted octanol–water partition coefficient (Wildman–Crippen LogP) is 3.48. The molecule has 1 aromatic rings. The lowest BCUT2D eigenvalue weighted by molar-refractivity contribution is -0.139. The van der Waals surface area contributed by atoms with Crippen LogP contribution >= 0.6 is 24.0 Å². The molecule has 1 amide bonds. The Morgan fingerprint density at radius 2 is 1.82 bits per heavy atom. The third kappa shape index (κ3) is 8.96. The van der Waals surface area contributed by atoms with Crippen molar-refractivity contribution in [1.29, 1.82) is 0 Å². The number of ether oxygens (including phenoxy) is 1. The van der Waals surface area contributed by atoms with E-state index in [4.69, 9.17) is 9.73 Å². The number of rotatable bonds is 8. The highest BCUT2D eigenvalue weighted by molar-refractivity contribution is 14.0. The fraction of sp³-hybridized carbons (Fsp3) is 0.680. The molecular weight excluding hydrogens is 529 g/mol. The summed E-state index contributed by atoms with van der Waals surface area (Å²) in [5.41, 5.74) is 0.835. The van der Waals surface area contributed by atoms with Crippen molar-refractivity contribution in [2.75, 3.05) is 45.8 Å². The maximum absolute atomic E-state index is 12.4. The number of nitrogens with zero attached hydrogens (tertiary/aromatic N) is 3. The van der Waals surface area contributed by atoms with E-state index in [-0.39, 0.29) is 29.6 Å². The van der Waals surface area contributed by atoms with Crippen LogP contribution in [-0.4, -0.2) is 73.1 Å². The number of halogens is 1. The minimum Gasteiger partial charge on any atom is -0.488 e. The molecular formula is C25H42IN5O2. The van der Waals surface area contributed by atoms with Crippen LogP contribution in [0.5, 0.6) is 5.75 Å². The molecule has 7 nitrogen and oxygen atoms in total. The van der Waals surface area contributed by atoms with Gasteiger partial charge in [0.05, 0.1) is 6.54 Å². The fourth-order valence-corrected chi connectivity index (χ4v) is 4.01. The molecule has 8 heteroatoms. The Hall–Kier alpha value is -1.55. The van der Waals surface area contributed by atoms with Gasteiger partial charge < -0.3 is 20.3 Å². The largest absolute Gasteiger partial charge is 0.488 e. The highest BCUT2D eigenvalue weighted by Gasteiger charge is 2.31. The quantitative estimate of drug-likeness (QED) is 0.284. The van der Waals surface area contributed by atoms with Crippen molar-refractivity contribution in [2.24, 2.45) is 10.9 Å². The van der Waals surface area contributed by atoms with Crippen LogP contribution in [0.3, 0.4) is 0 Å². The standard InChI is InChI=1S/C25H41N5O2.HI/c1-5-26-24(28-19-21-9-6-7-12-22(21)32-25(2,3)4)27-13-14-29-15-17-30(18-16-29)23(31)20-10-8-11-20;/h6-7,9,12,20H,5,8,10-11,13-19H2,1-4H3,(H2,26,27,28);1H. The Morgan fingerprint density at radius 3 is 2.42 bits per heavy atom. The predicted molar refractivity (Wildman–Crippen MR) is 145 cm³/mol. The monoisotopic (exact) mass is 571 g/mol. The molecule has 1 saturated carbocycles. The number of para-hydroxylation sites is 1. The van der Waals surface area contributed by atoms with Crippen molar-refractivity contribution in [2.45, 2.75) is 59.1 Å². The second-order valence-electron chi connectivity index (χ2n) is 9.74. The molecule has 3 rings (SSSR count). The molecule has 186 valence electrons. The van der Waals surface area contributed by atoms with Gasteiger partial charge in [0.1, 0.15) is 11.4 Å². The SMILES string of the molecule is CCNC(=NCc1ccccc1OC(C)(C)C)NCCN1CCN(C(=O)C2CCC2)CC1.I. The van der Waals surface area contributed by atoms with E-state index in [0.717, 1.165) is 75.9 Å². The van der Waals surface area contributed by atoms with Crippen LogP contribution in [-0.2, 0) is 11.3 Å². The summed E-state index contributed by atoms with van der Waals surface area (Å²) >= 11 is 0. The number of amides is 1. The zero-order chi connectivity index (χ0) is 23.0. The van der Waals surface area contributed by atoms with Crippen molar-refractivity contribution < 1.29 is 9.53 Å². The molecule has 2 fully saturated rings. The van der Waals surface area contributed by atoms with Gasteiger partial charge in [-0.15, -0.1) is 24.0 Å². The molecule has 1 saturated heterocycles. The molecule has 1 aromatic carbocycles. The van der Waals surface area contributed by atoms with Gasteiger partial charge in [0.25, 0.3) is 0 Å². The lowest BCUT2D eigenvalue weighted by Crippen LogP contribution is -2.52. The maximum Gasteiger partial charge on any atom is 0.225 e. The van der Waals surface area contributed by atoms with Crippen LogP contribution in [0, 0.1) is 5.92 Å². The number of carbonyl (C=O) groups is 1. The van der Waals surface area contributed by atoms with Gasteiger partial charge in [0.2, 0.25) is 5.91 Å². The normalized spacial score (nSPS) is 17.7. The number of hydrogen-bond donors (Lipinski definition) is 2. The van der Waals surface area contributed by atoms with Crippen LogP contribution in [0.1, 0.15) is 52.5 Å². The summed E-state index contributed by atoms with van der Waals surface area (Å²) in [7, 11) is 0. The maximum atomic E-state index is 12.4. The van der Waals surface area contributed by atoms with Gasteiger partial charge in [0.15, 0.2) is 5.96 Å². The first-order valence-electron chi connectivity index (χ1n) is 12.2. The summed E-state index contributed by atoms with van der Waals surface area (Å²) in [4.78, 5) is 21.7. The van der Waals surface area contributed by atoms with Crippen molar-refractivity contribution in [1.82, 2.24) is 20.4 Å². The first kappa shape index (κ1) is 27.7. The van der Waals surface area contributed by atoms with Gasteiger partial charge in [0, 0.05) is 57.3 Å². The Labute approximate surface area is 216 Å². The van der Waals surface area contributed by atoms with E-state index in [1.165, 1.54) is 6.42 Å². The van der Waals surface area contributed by atoms with Crippen molar-refractivity contribution in [3.05, 3.63) is 29.8 Å². The molecule has 33 heavy (non-hydrogen) atoms. The van der Waals surface area contributed by atoms with Gasteiger partial charge in [-0.2, -0.15) is 0 Å². The number of aliphatic imine (C=N–C) groups is 1. The Balaban J connectivity index is 0.00000385. The molecule has 2 N–H and O–H groups in total. The molecule has 1 aliphatic carbocycles. The van der Waals surface area contributed by atoms with Crippen LogP contribution in [0.15, 0.2) is 29.3 Å². The first-order chi connectivity index (χ1) is 15.4. The molecule has 1 heterocycles. The van der Waals surface area contributed by atoms with E-state index in [9.17, 15) is 4.79 Å². The summed E-state index contributed by atoms with van der Waals surface area (Å²) in [5, 5.41) is 6.78. The smallest absolute Gasteiger partial charge is 0.225 e. The van der Waals surface area contributed by atoms with Crippen LogP contribution in [0.2, 0.25) is 0 Å². The van der Waals surface area contributed by atoms with Crippen molar-refractivity contribution in [3.63, 3.8) is 0 Å². The third-order valence-electron chi connectivity index (χ3n) is 6.00. The minimum absolute atomic E-state index is 0. The van der Waals surface area contributed by atoms with E-state index >= 15 is 0 Å². The molecule has 0 bridgehead atoms. The van der Waals surface area contributed by atoms with Gasteiger partial charge in [-0.25, -0.2) is 4.99 Å². The number of carbonyl (C=O) groups excluding carboxylic acids is 1. The van der Waals surface area contributed by atoms with E-state index in [1.807, 2.05) is 18.2 Å².